The molecule has 0 aliphatic heterocycles. The third kappa shape index (κ3) is 5.17. The fourth-order valence-corrected chi connectivity index (χ4v) is 2.14. The van der Waals surface area contributed by atoms with Gasteiger partial charge in [-0.15, -0.1) is 0 Å². The molecule has 0 aromatic heterocycles. The number of carbonyl (C=O) groups excluding carboxylic acids is 1. The van der Waals surface area contributed by atoms with Crippen molar-refractivity contribution in [1.82, 2.24) is 0 Å². The van der Waals surface area contributed by atoms with Crippen molar-refractivity contribution in [2.45, 2.75) is 12.8 Å². The van der Waals surface area contributed by atoms with E-state index >= 15 is 0 Å². The van der Waals surface area contributed by atoms with Gasteiger partial charge < -0.3 is 10.1 Å². The molecule has 0 saturated heterocycles. The molecule has 6 heteroatoms. The van der Waals surface area contributed by atoms with Crippen LogP contribution in [0.15, 0.2) is 42.5 Å². The molecule has 0 heterocycles. The lowest BCUT2D eigenvalue weighted by Gasteiger charge is -2.09. The number of halogens is 2. The summed E-state index contributed by atoms with van der Waals surface area (Å²) in [6, 6.07) is 13.8. The number of hydrogen-bond donors (Lipinski definition) is 1. The van der Waals surface area contributed by atoms with Crippen LogP contribution in [0.4, 0.5) is 5.69 Å². The number of nitriles is 1. The molecule has 2 aromatic rings. The van der Waals surface area contributed by atoms with Crippen molar-refractivity contribution in [3.63, 3.8) is 0 Å². The first-order valence-corrected chi connectivity index (χ1v) is 7.72. The molecule has 0 aliphatic carbocycles. The van der Waals surface area contributed by atoms with E-state index in [4.69, 9.17) is 33.2 Å². The fraction of sp³-hybridized carbons (Fsp3) is 0.176. The highest BCUT2D eigenvalue weighted by Gasteiger charge is 2.09. The minimum atomic E-state index is -0.287. The minimum absolute atomic E-state index is 0.287. The van der Waals surface area contributed by atoms with E-state index in [1.807, 2.05) is 0 Å². The maximum atomic E-state index is 12.2. The first kappa shape index (κ1) is 17.1. The summed E-state index contributed by atoms with van der Waals surface area (Å²) < 4.78 is 5.53. The van der Waals surface area contributed by atoms with Gasteiger partial charge in [-0.1, -0.05) is 29.3 Å². The van der Waals surface area contributed by atoms with Crippen molar-refractivity contribution in [3.8, 4) is 11.8 Å². The molecule has 0 fully saturated rings. The topological polar surface area (TPSA) is 62.1 Å². The van der Waals surface area contributed by atoms with Crippen LogP contribution in [-0.2, 0) is 0 Å². The zero-order valence-corrected chi connectivity index (χ0v) is 13.7. The van der Waals surface area contributed by atoms with E-state index in [9.17, 15) is 4.79 Å². The van der Waals surface area contributed by atoms with E-state index in [2.05, 4.69) is 11.4 Å². The zero-order valence-electron chi connectivity index (χ0n) is 12.2. The van der Waals surface area contributed by atoms with Crippen LogP contribution < -0.4 is 10.1 Å². The Balaban J connectivity index is 2.00. The average molecular weight is 349 g/mol. The van der Waals surface area contributed by atoms with E-state index in [1.165, 1.54) is 6.07 Å². The first-order chi connectivity index (χ1) is 11.1. The van der Waals surface area contributed by atoms with Gasteiger partial charge in [-0.05, 0) is 36.8 Å². The molecule has 1 amide bonds. The molecule has 0 spiro atoms. The van der Waals surface area contributed by atoms with Crippen LogP contribution in [0.3, 0.4) is 0 Å². The predicted molar refractivity (Wildman–Crippen MR) is 91.2 cm³/mol. The third-order valence-electron chi connectivity index (χ3n) is 2.98. The third-order valence-corrected chi connectivity index (χ3v) is 3.71. The molecule has 23 heavy (non-hydrogen) atoms. The zero-order chi connectivity index (χ0) is 16.7. The standard InChI is InChI=1S/C17H14Cl2N2O2/c18-15-7-6-12(10-16(15)19)17(22)21-13-4-3-5-14(11-13)23-9-2-1-8-20/h3-7,10-11H,1-2,9H2,(H,21,22). The Bertz CT molecular complexity index is 742. The van der Waals surface area contributed by atoms with E-state index in [0.29, 0.717) is 46.5 Å². The highest BCUT2D eigenvalue weighted by atomic mass is 35.5. The molecule has 2 aromatic carbocycles. The molecule has 0 aliphatic rings. The number of nitrogens with one attached hydrogen (secondary N) is 1. The normalized spacial score (nSPS) is 9.96. The van der Waals surface area contributed by atoms with Gasteiger partial charge >= 0.3 is 0 Å². The smallest absolute Gasteiger partial charge is 0.255 e. The van der Waals surface area contributed by atoms with Crippen LogP contribution in [0.2, 0.25) is 10.0 Å². The summed E-state index contributed by atoms with van der Waals surface area (Å²) in [6.07, 6.45) is 1.12. The Morgan fingerprint density at radius 2 is 2.00 bits per heavy atom. The maximum Gasteiger partial charge on any atom is 0.255 e. The molecule has 0 radical (unpaired) electrons. The Labute approximate surface area is 144 Å². The SMILES string of the molecule is N#CCCCOc1cccc(NC(=O)c2ccc(Cl)c(Cl)c2)c1. The van der Waals surface area contributed by atoms with Crippen molar-refractivity contribution >= 4 is 34.8 Å². The number of hydrogen-bond acceptors (Lipinski definition) is 3. The number of nitrogens with zero attached hydrogens (tertiary/aromatic N) is 1. The van der Waals surface area contributed by atoms with Crippen molar-refractivity contribution in [2.75, 3.05) is 11.9 Å². The Kier molecular flexibility index (Phi) is 6.28. The molecule has 118 valence electrons. The van der Waals surface area contributed by atoms with E-state index in [0.717, 1.165) is 0 Å². The summed E-state index contributed by atoms with van der Waals surface area (Å²) >= 11 is 11.8. The summed E-state index contributed by atoms with van der Waals surface area (Å²) in [5.74, 6) is 0.347. The van der Waals surface area contributed by atoms with Gasteiger partial charge in [-0.3, -0.25) is 4.79 Å². The second-order valence-electron chi connectivity index (χ2n) is 4.72. The van der Waals surface area contributed by atoms with Gasteiger partial charge in [0.2, 0.25) is 0 Å². The second kappa shape index (κ2) is 8.42. The lowest BCUT2D eigenvalue weighted by molar-refractivity contribution is 0.102. The molecule has 2 rings (SSSR count). The molecule has 0 unspecified atom stereocenters. The maximum absolute atomic E-state index is 12.2. The van der Waals surface area contributed by atoms with E-state index in [1.54, 1.807) is 36.4 Å². The summed E-state index contributed by atoms with van der Waals surface area (Å²) in [5.41, 5.74) is 1.03. The summed E-state index contributed by atoms with van der Waals surface area (Å²) in [6.45, 7) is 0.456. The minimum Gasteiger partial charge on any atom is -0.493 e. The van der Waals surface area contributed by atoms with Crippen molar-refractivity contribution < 1.29 is 9.53 Å². The number of rotatable bonds is 6. The predicted octanol–water partition coefficient (Wildman–Crippen LogP) is 4.93. The molecular weight excluding hydrogens is 335 g/mol. The van der Waals surface area contributed by atoms with Gasteiger partial charge in [-0.2, -0.15) is 5.26 Å². The molecule has 1 N–H and O–H groups in total. The Hall–Kier alpha value is -2.22. The largest absolute Gasteiger partial charge is 0.493 e. The molecule has 0 bridgehead atoms. The summed E-state index contributed by atoms with van der Waals surface area (Å²) in [4.78, 5) is 12.2. The van der Waals surface area contributed by atoms with E-state index < -0.39 is 0 Å². The Morgan fingerprint density at radius 1 is 1.17 bits per heavy atom. The van der Waals surface area contributed by atoms with Crippen LogP contribution >= 0.6 is 23.2 Å². The summed E-state index contributed by atoms with van der Waals surface area (Å²) in [7, 11) is 0. The van der Waals surface area contributed by atoms with Gasteiger partial charge in [0.1, 0.15) is 5.75 Å². The molecule has 4 nitrogen and oxygen atoms in total. The number of amides is 1. The van der Waals surface area contributed by atoms with Crippen LogP contribution in [0, 0.1) is 11.3 Å². The van der Waals surface area contributed by atoms with E-state index in [-0.39, 0.29) is 5.91 Å². The van der Waals surface area contributed by atoms with Crippen molar-refractivity contribution in [2.24, 2.45) is 0 Å². The number of benzene rings is 2. The van der Waals surface area contributed by atoms with Crippen LogP contribution in [0.5, 0.6) is 5.75 Å². The highest BCUT2D eigenvalue weighted by molar-refractivity contribution is 6.42. The Morgan fingerprint density at radius 3 is 2.74 bits per heavy atom. The second-order valence-corrected chi connectivity index (χ2v) is 5.54. The molecule has 0 saturated carbocycles. The van der Waals surface area contributed by atoms with Gasteiger partial charge in [0.25, 0.3) is 5.91 Å². The molecular formula is C17H14Cl2N2O2. The van der Waals surface area contributed by atoms with Gasteiger partial charge in [-0.25, -0.2) is 0 Å². The first-order valence-electron chi connectivity index (χ1n) is 6.96. The number of ether oxygens (including phenoxy) is 1. The highest BCUT2D eigenvalue weighted by Crippen LogP contribution is 2.24. The van der Waals surface area contributed by atoms with Gasteiger partial charge in [0.15, 0.2) is 0 Å². The van der Waals surface area contributed by atoms with Gasteiger partial charge in [0, 0.05) is 23.7 Å². The van der Waals surface area contributed by atoms with Crippen molar-refractivity contribution in [3.05, 3.63) is 58.1 Å². The quantitative estimate of drug-likeness (QED) is 0.753. The van der Waals surface area contributed by atoms with Crippen LogP contribution in [-0.4, -0.2) is 12.5 Å². The molecule has 0 atom stereocenters. The fourth-order valence-electron chi connectivity index (χ4n) is 1.85. The van der Waals surface area contributed by atoms with Crippen LogP contribution in [0.1, 0.15) is 23.2 Å². The monoisotopic (exact) mass is 348 g/mol. The summed E-state index contributed by atoms with van der Waals surface area (Å²) in [5, 5.41) is 12.0. The number of carbonyl (C=O) groups is 1. The lowest BCUT2D eigenvalue weighted by Crippen LogP contribution is -2.11. The number of unbranched alkanes of at least 4 members (excludes halogenated alkanes) is 1. The average Bonchev–Trinajstić information content (AvgIpc) is 2.54. The van der Waals surface area contributed by atoms with Crippen LogP contribution in [0.25, 0.3) is 0 Å². The van der Waals surface area contributed by atoms with Gasteiger partial charge in [0.05, 0.1) is 22.7 Å². The number of anilines is 1. The lowest BCUT2D eigenvalue weighted by atomic mass is 10.2. The van der Waals surface area contributed by atoms with Crippen molar-refractivity contribution in [1.29, 1.82) is 5.26 Å².